The summed E-state index contributed by atoms with van der Waals surface area (Å²) in [5.74, 6) is 0.0492. The Morgan fingerprint density at radius 2 is 2.18 bits per heavy atom. The van der Waals surface area contributed by atoms with E-state index in [1.165, 1.54) is 11.3 Å². The van der Waals surface area contributed by atoms with E-state index in [0.29, 0.717) is 9.21 Å². The smallest absolute Gasteiger partial charge is 0.197 e. The molecule has 0 saturated heterocycles. The fraction of sp³-hybridized carbons (Fsp3) is 0.333. The fourth-order valence-electron chi connectivity index (χ4n) is 1.80. The molecule has 0 N–H and O–H groups in total. The fourth-order valence-corrected chi connectivity index (χ4v) is 2.87. The second-order valence-electron chi connectivity index (χ2n) is 4.02. The zero-order valence-corrected chi connectivity index (χ0v) is 11.5. The SMILES string of the molecule is Cc1cc(C)n(C(C)C(=O)c2ccc(Cl)s2)n1. The summed E-state index contributed by atoms with van der Waals surface area (Å²) < 4.78 is 2.39. The summed E-state index contributed by atoms with van der Waals surface area (Å²) in [6, 6.07) is 5.18. The van der Waals surface area contributed by atoms with Gasteiger partial charge >= 0.3 is 0 Å². The number of aromatic nitrogens is 2. The van der Waals surface area contributed by atoms with Gasteiger partial charge in [0.05, 0.1) is 14.9 Å². The lowest BCUT2D eigenvalue weighted by Gasteiger charge is -2.11. The molecule has 1 atom stereocenters. The number of Topliss-reactive ketones (excluding diaryl/α,β-unsaturated/α-hetero) is 1. The van der Waals surface area contributed by atoms with Crippen LogP contribution in [-0.4, -0.2) is 15.6 Å². The van der Waals surface area contributed by atoms with Crippen LogP contribution in [0.3, 0.4) is 0 Å². The largest absolute Gasteiger partial charge is 0.291 e. The van der Waals surface area contributed by atoms with Crippen molar-refractivity contribution in [2.75, 3.05) is 0 Å². The molecule has 0 saturated carbocycles. The summed E-state index contributed by atoms with van der Waals surface area (Å²) in [4.78, 5) is 12.9. The van der Waals surface area contributed by atoms with Gasteiger partial charge in [-0.25, -0.2) is 0 Å². The summed E-state index contributed by atoms with van der Waals surface area (Å²) in [6.45, 7) is 5.73. The maximum Gasteiger partial charge on any atom is 0.197 e. The summed E-state index contributed by atoms with van der Waals surface area (Å²) in [7, 11) is 0. The minimum atomic E-state index is -0.293. The summed E-state index contributed by atoms with van der Waals surface area (Å²) in [5.41, 5.74) is 1.91. The molecule has 0 spiro atoms. The van der Waals surface area contributed by atoms with Crippen molar-refractivity contribution in [2.24, 2.45) is 0 Å². The van der Waals surface area contributed by atoms with Crippen LogP contribution in [-0.2, 0) is 0 Å². The Hall–Kier alpha value is -1.13. The lowest BCUT2D eigenvalue weighted by atomic mass is 10.2. The molecular formula is C12H13ClN2OS. The third-order valence-electron chi connectivity index (χ3n) is 2.61. The topological polar surface area (TPSA) is 34.9 Å². The number of carbonyl (C=O) groups excluding carboxylic acids is 1. The van der Waals surface area contributed by atoms with Crippen LogP contribution in [0, 0.1) is 13.8 Å². The number of hydrogen-bond acceptors (Lipinski definition) is 3. The van der Waals surface area contributed by atoms with E-state index in [-0.39, 0.29) is 11.8 Å². The van der Waals surface area contributed by atoms with Crippen LogP contribution in [0.25, 0.3) is 0 Å². The monoisotopic (exact) mass is 268 g/mol. The molecule has 0 amide bonds. The Bertz CT molecular complexity index is 559. The molecule has 0 fully saturated rings. The van der Waals surface area contributed by atoms with Crippen LogP contribution in [0.2, 0.25) is 4.34 Å². The molecule has 2 heterocycles. The zero-order valence-electron chi connectivity index (χ0n) is 9.90. The average molecular weight is 269 g/mol. The zero-order chi connectivity index (χ0) is 12.6. The highest BCUT2D eigenvalue weighted by Gasteiger charge is 2.20. The predicted molar refractivity (Wildman–Crippen MR) is 70.1 cm³/mol. The first-order valence-corrected chi connectivity index (χ1v) is 6.51. The highest BCUT2D eigenvalue weighted by atomic mass is 35.5. The highest BCUT2D eigenvalue weighted by Crippen LogP contribution is 2.25. The molecule has 5 heteroatoms. The Kier molecular flexibility index (Phi) is 3.35. The van der Waals surface area contributed by atoms with Gasteiger partial charge in [0, 0.05) is 5.69 Å². The lowest BCUT2D eigenvalue weighted by molar-refractivity contribution is 0.0930. The van der Waals surface area contributed by atoms with Gasteiger partial charge in [0.15, 0.2) is 5.78 Å². The van der Waals surface area contributed by atoms with E-state index >= 15 is 0 Å². The van der Waals surface area contributed by atoms with E-state index in [2.05, 4.69) is 5.10 Å². The van der Waals surface area contributed by atoms with Gasteiger partial charge in [-0.1, -0.05) is 11.6 Å². The number of thiophene rings is 1. The molecule has 0 aliphatic rings. The van der Waals surface area contributed by atoms with Gasteiger partial charge in [0.1, 0.15) is 6.04 Å². The molecule has 3 nitrogen and oxygen atoms in total. The van der Waals surface area contributed by atoms with E-state index in [1.54, 1.807) is 16.8 Å². The summed E-state index contributed by atoms with van der Waals surface area (Å²) in [5, 5.41) is 4.33. The number of carbonyl (C=O) groups is 1. The van der Waals surface area contributed by atoms with Crippen LogP contribution in [0.4, 0.5) is 0 Å². The van der Waals surface area contributed by atoms with Crippen molar-refractivity contribution in [3.63, 3.8) is 0 Å². The minimum absolute atomic E-state index is 0.0492. The molecule has 90 valence electrons. The predicted octanol–water partition coefficient (Wildman–Crippen LogP) is 3.66. The Balaban J connectivity index is 2.29. The molecule has 2 aromatic rings. The number of aryl methyl sites for hydroxylation is 2. The number of halogens is 1. The van der Waals surface area contributed by atoms with Crippen molar-refractivity contribution in [2.45, 2.75) is 26.8 Å². The van der Waals surface area contributed by atoms with Crippen LogP contribution in [0.15, 0.2) is 18.2 Å². The number of hydrogen-bond donors (Lipinski definition) is 0. The molecular weight excluding hydrogens is 256 g/mol. The highest BCUT2D eigenvalue weighted by molar-refractivity contribution is 7.18. The molecule has 2 aromatic heterocycles. The van der Waals surface area contributed by atoms with Crippen molar-refractivity contribution in [1.29, 1.82) is 0 Å². The van der Waals surface area contributed by atoms with Gasteiger partial charge in [-0.3, -0.25) is 9.48 Å². The second-order valence-corrected chi connectivity index (χ2v) is 5.73. The summed E-state index contributed by atoms with van der Waals surface area (Å²) >= 11 is 7.14. The Morgan fingerprint density at radius 3 is 2.65 bits per heavy atom. The number of rotatable bonds is 3. The quantitative estimate of drug-likeness (QED) is 0.797. The molecule has 17 heavy (non-hydrogen) atoms. The molecule has 2 rings (SSSR count). The minimum Gasteiger partial charge on any atom is -0.291 e. The van der Waals surface area contributed by atoms with Gasteiger partial charge in [-0.05, 0) is 39.0 Å². The van der Waals surface area contributed by atoms with Crippen LogP contribution < -0.4 is 0 Å². The van der Waals surface area contributed by atoms with Crippen LogP contribution in [0.1, 0.15) is 34.0 Å². The first-order valence-electron chi connectivity index (χ1n) is 5.31. The molecule has 0 aliphatic heterocycles. The van der Waals surface area contributed by atoms with Crippen molar-refractivity contribution in [3.8, 4) is 0 Å². The van der Waals surface area contributed by atoms with E-state index in [4.69, 9.17) is 11.6 Å². The third kappa shape index (κ3) is 2.42. The Morgan fingerprint density at radius 1 is 1.47 bits per heavy atom. The van der Waals surface area contributed by atoms with Crippen molar-refractivity contribution >= 4 is 28.7 Å². The maximum atomic E-state index is 12.2. The van der Waals surface area contributed by atoms with Crippen LogP contribution >= 0.6 is 22.9 Å². The maximum absolute atomic E-state index is 12.2. The van der Waals surface area contributed by atoms with Crippen molar-refractivity contribution in [3.05, 3.63) is 38.8 Å². The molecule has 1 unspecified atom stereocenters. The standard InChI is InChI=1S/C12H13ClN2OS/c1-7-6-8(2)15(14-7)9(3)12(16)10-4-5-11(13)17-10/h4-6,9H,1-3H3. The number of nitrogens with zero attached hydrogens (tertiary/aromatic N) is 2. The van der Waals surface area contributed by atoms with E-state index in [1.807, 2.05) is 26.8 Å². The van der Waals surface area contributed by atoms with Crippen LogP contribution in [0.5, 0.6) is 0 Å². The van der Waals surface area contributed by atoms with Gasteiger partial charge in [0.2, 0.25) is 0 Å². The van der Waals surface area contributed by atoms with Crippen molar-refractivity contribution < 1.29 is 4.79 Å². The molecule has 0 radical (unpaired) electrons. The van der Waals surface area contributed by atoms with Gasteiger partial charge in [0.25, 0.3) is 0 Å². The lowest BCUT2D eigenvalue weighted by Crippen LogP contribution is -2.18. The second kappa shape index (κ2) is 4.63. The number of ketones is 1. The third-order valence-corrected chi connectivity index (χ3v) is 3.85. The normalized spacial score (nSPS) is 12.7. The Labute approximate surface area is 109 Å². The molecule has 0 aliphatic carbocycles. The van der Waals surface area contributed by atoms with Gasteiger partial charge in [-0.15, -0.1) is 11.3 Å². The van der Waals surface area contributed by atoms with Gasteiger partial charge in [-0.2, -0.15) is 5.10 Å². The molecule has 0 aromatic carbocycles. The first kappa shape index (κ1) is 12.3. The van der Waals surface area contributed by atoms with E-state index in [0.717, 1.165) is 11.4 Å². The average Bonchev–Trinajstić information content (AvgIpc) is 2.83. The first-order chi connectivity index (χ1) is 7.99. The van der Waals surface area contributed by atoms with E-state index in [9.17, 15) is 4.79 Å². The summed E-state index contributed by atoms with van der Waals surface area (Å²) in [6.07, 6.45) is 0. The van der Waals surface area contributed by atoms with Gasteiger partial charge < -0.3 is 0 Å². The molecule has 0 bridgehead atoms. The van der Waals surface area contributed by atoms with E-state index < -0.39 is 0 Å². The van der Waals surface area contributed by atoms with Crippen molar-refractivity contribution in [1.82, 2.24) is 9.78 Å².